The molecule has 0 radical (unpaired) electrons. The number of amides is 2. The van der Waals surface area contributed by atoms with Crippen LogP contribution in [0, 0.1) is 5.92 Å². The number of thiocarbonyl (C=S) groups is 1. The van der Waals surface area contributed by atoms with Crippen LogP contribution in [0.4, 0.5) is 11.4 Å². The lowest BCUT2D eigenvalue weighted by Gasteiger charge is -2.11. The minimum absolute atomic E-state index is 0.0803. The van der Waals surface area contributed by atoms with E-state index in [0.29, 0.717) is 22.9 Å². The zero-order valence-corrected chi connectivity index (χ0v) is 18.1. The molecule has 2 amide bonds. The minimum Gasteiger partial charge on any atom is -0.493 e. The average molecular weight is 428 g/mol. The van der Waals surface area contributed by atoms with Gasteiger partial charge in [-0.15, -0.1) is 0 Å². The van der Waals surface area contributed by atoms with E-state index < -0.39 is 0 Å². The summed E-state index contributed by atoms with van der Waals surface area (Å²) in [5.41, 5.74) is 2.06. The molecule has 8 heteroatoms. The van der Waals surface area contributed by atoms with Crippen molar-refractivity contribution < 1.29 is 19.1 Å². The molecular weight excluding hydrogens is 402 g/mol. The Labute approximate surface area is 181 Å². The number of hydrogen-bond acceptors (Lipinski definition) is 5. The smallest absolute Gasteiger partial charge is 0.250 e. The molecule has 0 fully saturated rings. The Morgan fingerprint density at radius 2 is 1.63 bits per heavy atom. The summed E-state index contributed by atoms with van der Waals surface area (Å²) in [6.07, 6.45) is 3.01. The molecule has 7 nitrogen and oxygen atoms in total. The van der Waals surface area contributed by atoms with Crippen LogP contribution in [0.15, 0.2) is 48.5 Å². The molecule has 2 aromatic rings. The topological polar surface area (TPSA) is 88.7 Å². The van der Waals surface area contributed by atoms with Crippen molar-refractivity contribution in [2.75, 3.05) is 24.9 Å². The predicted octanol–water partition coefficient (Wildman–Crippen LogP) is 3.82. The van der Waals surface area contributed by atoms with Crippen LogP contribution in [0.5, 0.6) is 11.5 Å². The van der Waals surface area contributed by atoms with Gasteiger partial charge in [0.15, 0.2) is 16.6 Å². The fourth-order valence-corrected chi connectivity index (χ4v) is 2.62. The number of hydrogen-bond donors (Lipinski definition) is 3. The number of benzene rings is 2. The molecule has 2 aromatic carbocycles. The third-order valence-corrected chi connectivity index (χ3v) is 4.19. The summed E-state index contributed by atoms with van der Waals surface area (Å²) >= 11 is 5.19. The zero-order chi connectivity index (χ0) is 22.1. The van der Waals surface area contributed by atoms with Crippen LogP contribution in [-0.2, 0) is 9.59 Å². The monoisotopic (exact) mass is 427 g/mol. The van der Waals surface area contributed by atoms with Gasteiger partial charge in [0.2, 0.25) is 11.8 Å². The first-order valence-corrected chi connectivity index (χ1v) is 9.66. The van der Waals surface area contributed by atoms with Crippen molar-refractivity contribution >= 4 is 46.6 Å². The van der Waals surface area contributed by atoms with Crippen molar-refractivity contribution in [2.45, 2.75) is 13.8 Å². The van der Waals surface area contributed by atoms with E-state index in [4.69, 9.17) is 21.7 Å². The van der Waals surface area contributed by atoms with Gasteiger partial charge in [-0.3, -0.25) is 14.9 Å². The summed E-state index contributed by atoms with van der Waals surface area (Å²) in [4.78, 5) is 24.0. The summed E-state index contributed by atoms with van der Waals surface area (Å²) in [6, 6.07) is 12.4. The van der Waals surface area contributed by atoms with Gasteiger partial charge < -0.3 is 20.1 Å². The summed E-state index contributed by atoms with van der Waals surface area (Å²) in [5, 5.41) is 8.46. The molecule has 0 unspecified atom stereocenters. The Kier molecular flexibility index (Phi) is 8.37. The third kappa shape index (κ3) is 6.89. The maximum Gasteiger partial charge on any atom is 0.250 e. The number of carbonyl (C=O) groups excluding carboxylic acids is 2. The van der Waals surface area contributed by atoms with E-state index in [-0.39, 0.29) is 22.8 Å². The molecule has 0 bridgehead atoms. The number of rotatable bonds is 7. The highest BCUT2D eigenvalue weighted by molar-refractivity contribution is 7.80. The lowest BCUT2D eigenvalue weighted by Crippen LogP contribution is -2.32. The van der Waals surface area contributed by atoms with Crippen molar-refractivity contribution in [3.8, 4) is 11.5 Å². The predicted molar refractivity (Wildman–Crippen MR) is 123 cm³/mol. The number of ether oxygens (including phenoxy) is 2. The van der Waals surface area contributed by atoms with Gasteiger partial charge in [-0.05, 0) is 54.2 Å². The van der Waals surface area contributed by atoms with Gasteiger partial charge in [-0.25, -0.2) is 0 Å². The van der Waals surface area contributed by atoms with Crippen LogP contribution < -0.4 is 25.4 Å². The highest BCUT2D eigenvalue weighted by atomic mass is 32.1. The van der Waals surface area contributed by atoms with Crippen molar-refractivity contribution in [1.82, 2.24) is 5.32 Å². The quantitative estimate of drug-likeness (QED) is 0.460. The largest absolute Gasteiger partial charge is 0.493 e. The number of nitrogens with one attached hydrogen (secondary N) is 3. The van der Waals surface area contributed by atoms with E-state index in [9.17, 15) is 9.59 Å². The second-order valence-corrected chi connectivity index (χ2v) is 7.02. The maximum absolute atomic E-state index is 12.1. The molecule has 0 aliphatic heterocycles. The van der Waals surface area contributed by atoms with Crippen molar-refractivity contribution in [3.05, 3.63) is 54.1 Å². The molecule has 0 spiro atoms. The summed E-state index contributed by atoms with van der Waals surface area (Å²) in [7, 11) is 3.11. The molecule has 30 heavy (non-hydrogen) atoms. The van der Waals surface area contributed by atoms with Gasteiger partial charge in [0.05, 0.1) is 14.2 Å². The molecule has 0 heterocycles. The Bertz CT molecular complexity index is 957. The summed E-state index contributed by atoms with van der Waals surface area (Å²) < 4.78 is 10.4. The Morgan fingerprint density at radius 3 is 2.27 bits per heavy atom. The fraction of sp³-hybridized carbons (Fsp3) is 0.227. The lowest BCUT2D eigenvalue weighted by atomic mass is 10.2. The van der Waals surface area contributed by atoms with Gasteiger partial charge >= 0.3 is 0 Å². The van der Waals surface area contributed by atoms with E-state index in [2.05, 4.69) is 16.0 Å². The molecule has 158 valence electrons. The van der Waals surface area contributed by atoms with Crippen LogP contribution in [0.2, 0.25) is 0 Å². The van der Waals surface area contributed by atoms with Gasteiger partial charge in [0.25, 0.3) is 0 Å². The van der Waals surface area contributed by atoms with Crippen LogP contribution in [0.1, 0.15) is 19.4 Å². The van der Waals surface area contributed by atoms with Crippen LogP contribution in [0.3, 0.4) is 0 Å². The highest BCUT2D eigenvalue weighted by Crippen LogP contribution is 2.27. The van der Waals surface area contributed by atoms with Gasteiger partial charge in [-0.1, -0.05) is 26.0 Å². The van der Waals surface area contributed by atoms with Crippen molar-refractivity contribution in [3.63, 3.8) is 0 Å². The minimum atomic E-state index is -0.383. The van der Waals surface area contributed by atoms with Crippen molar-refractivity contribution in [2.24, 2.45) is 5.92 Å². The molecule has 0 saturated heterocycles. The van der Waals surface area contributed by atoms with E-state index >= 15 is 0 Å². The molecule has 0 aromatic heterocycles. The fourth-order valence-electron chi connectivity index (χ4n) is 2.41. The number of carbonyl (C=O) groups is 2. The maximum atomic E-state index is 12.1. The van der Waals surface area contributed by atoms with Gasteiger partial charge in [-0.2, -0.15) is 0 Å². The molecule has 3 N–H and O–H groups in total. The Hall–Kier alpha value is -3.39. The second kappa shape index (κ2) is 11.0. The highest BCUT2D eigenvalue weighted by Gasteiger charge is 2.08. The first kappa shape index (κ1) is 22.9. The standard InChI is InChI=1S/C22H25N3O4S/c1-14(2)21(27)23-16-6-5-7-17(13-16)24-22(30)25-20(26)11-9-15-8-10-18(28-3)19(12-15)29-4/h5-14H,1-4H3,(H,23,27)(H2,24,25,26,30)/b11-9+. The average Bonchev–Trinajstić information content (AvgIpc) is 2.72. The summed E-state index contributed by atoms with van der Waals surface area (Å²) in [5.74, 6) is 0.590. The number of anilines is 2. The first-order chi connectivity index (χ1) is 14.3. The van der Waals surface area contributed by atoms with E-state index in [1.807, 2.05) is 13.8 Å². The third-order valence-electron chi connectivity index (χ3n) is 3.98. The first-order valence-electron chi connectivity index (χ1n) is 9.25. The number of methoxy groups -OCH3 is 2. The van der Waals surface area contributed by atoms with E-state index in [1.165, 1.54) is 6.08 Å². The molecule has 2 rings (SSSR count). The van der Waals surface area contributed by atoms with Crippen LogP contribution in [-0.4, -0.2) is 31.1 Å². The second-order valence-electron chi connectivity index (χ2n) is 6.62. The Balaban J connectivity index is 1.94. The molecule has 0 aliphatic carbocycles. The van der Waals surface area contributed by atoms with Gasteiger partial charge in [0, 0.05) is 23.4 Å². The lowest BCUT2D eigenvalue weighted by molar-refractivity contribution is -0.119. The van der Waals surface area contributed by atoms with Crippen LogP contribution in [0.25, 0.3) is 6.08 Å². The molecule has 0 saturated carbocycles. The summed E-state index contributed by atoms with van der Waals surface area (Å²) in [6.45, 7) is 3.63. The van der Waals surface area contributed by atoms with Crippen molar-refractivity contribution in [1.29, 1.82) is 0 Å². The van der Waals surface area contributed by atoms with Crippen LogP contribution >= 0.6 is 12.2 Å². The SMILES string of the molecule is COc1ccc(/C=C/C(=O)NC(=S)Nc2cccc(NC(=O)C(C)C)c2)cc1OC. The van der Waals surface area contributed by atoms with E-state index in [1.54, 1.807) is 62.8 Å². The molecule has 0 atom stereocenters. The Morgan fingerprint density at radius 1 is 0.967 bits per heavy atom. The zero-order valence-electron chi connectivity index (χ0n) is 17.3. The van der Waals surface area contributed by atoms with Gasteiger partial charge in [0.1, 0.15) is 0 Å². The molecule has 0 aliphatic rings. The molecular formula is C22H25N3O4S. The normalized spacial score (nSPS) is 10.6. The van der Waals surface area contributed by atoms with E-state index in [0.717, 1.165) is 5.56 Å².